The molecule has 0 aliphatic rings. The highest BCUT2D eigenvalue weighted by Gasteiger charge is 2.30. The van der Waals surface area contributed by atoms with E-state index in [-0.39, 0.29) is 29.6 Å². The van der Waals surface area contributed by atoms with E-state index < -0.39 is 33.1 Å². The van der Waals surface area contributed by atoms with E-state index in [9.17, 15) is 23.3 Å². The molecule has 1 aromatic heterocycles. The summed E-state index contributed by atoms with van der Waals surface area (Å²) in [5.74, 6) is -0.427. The molecular weight excluding hydrogens is 492 g/mol. The average Bonchev–Trinajstić information content (AvgIpc) is 3.23. The molecule has 0 aliphatic heterocycles. The fourth-order valence-corrected chi connectivity index (χ4v) is 5.04. The van der Waals surface area contributed by atoms with E-state index in [2.05, 4.69) is 6.58 Å². The molecule has 3 rings (SSSR count). The van der Waals surface area contributed by atoms with E-state index in [0.717, 1.165) is 27.7 Å². The maximum atomic E-state index is 13.4. The van der Waals surface area contributed by atoms with Crippen molar-refractivity contribution < 1.29 is 18.1 Å². The lowest BCUT2D eigenvalue weighted by Crippen LogP contribution is -2.42. The first-order valence-corrected chi connectivity index (χ1v) is 12.4. The number of sulfonamides is 1. The fraction of sp³-hybridized carbons (Fsp3) is 0.208. The highest BCUT2D eigenvalue weighted by Crippen LogP contribution is 2.28. The van der Waals surface area contributed by atoms with E-state index in [0.29, 0.717) is 0 Å². The van der Waals surface area contributed by atoms with E-state index in [1.807, 2.05) is 60.3 Å². The number of hydrogen-bond donors (Lipinski definition) is 0. The summed E-state index contributed by atoms with van der Waals surface area (Å²) in [6.45, 7) is 3.51. The Morgan fingerprint density at radius 3 is 2.46 bits per heavy atom. The van der Waals surface area contributed by atoms with Crippen LogP contribution in [-0.4, -0.2) is 46.1 Å². The van der Waals surface area contributed by atoms with E-state index in [4.69, 9.17) is 11.6 Å². The minimum Gasteiger partial charge on any atom is -0.353 e. The minimum atomic E-state index is -4.26. The maximum Gasteiger partial charge on any atom is 0.289 e. The molecule has 3 aromatic rings. The Morgan fingerprint density at radius 1 is 1.14 bits per heavy atom. The van der Waals surface area contributed by atoms with Crippen molar-refractivity contribution in [1.29, 1.82) is 0 Å². The van der Waals surface area contributed by atoms with E-state index in [1.165, 1.54) is 12.1 Å². The number of hydrogen-bond acceptors (Lipinski definition) is 5. The highest BCUT2D eigenvalue weighted by molar-refractivity contribution is 7.89. The largest absolute Gasteiger partial charge is 0.353 e. The molecule has 0 N–H and O–H groups in total. The van der Waals surface area contributed by atoms with Crippen LogP contribution in [0.5, 0.6) is 0 Å². The van der Waals surface area contributed by atoms with E-state index >= 15 is 0 Å². The van der Waals surface area contributed by atoms with Crippen LogP contribution in [0.25, 0.3) is 0 Å². The Hall–Kier alpha value is -3.47. The number of rotatable bonds is 11. The molecule has 2 aromatic carbocycles. The Morgan fingerprint density at radius 2 is 1.86 bits per heavy atom. The molecule has 1 amide bonds. The summed E-state index contributed by atoms with van der Waals surface area (Å²) in [6, 6.07) is 16.3. The molecule has 11 heteroatoms. The lowest BCUT2D eigenvalue weighted by atomic mass is 10.2. The third-order valence-electron chi connectivity index (χ3n) is 5.37. The van der Waals surface area contributed by atoms with Gasteiger partial charge in [-0.05, 0) is 29.8 Å². The molecule has 0 saturated carbocycles. The van der Waals surface area contributed by atoms with Gasteiger partial charge >= 0.3 is 0 Å². The molecule has 0 aliphatic carbocycles. The van der Waals surface area contributed by atoms with E-state index in [1.54, 1.807) is 4.90 Å². The Labute approximate surface area is 209 Å². The van der Waals surface area contributed by atoms with Gasteiger partial charge in [-0.25, -0.2) is 8.42 Å². The van der Waals surface area contributed by atoms with Crippen molar-refractivity contribution in [2.24, 2.45) is 7.05 Å². The van der Waals surface area contributed by atoms with Crippen molar-refractivity contribution in [3.05, 3.63) is 106 Å². The number of halogens is 1. The SMILES string of the molecule is C=CCN(CC(=O)N(Cc1ccccc1)Cc1cccn1C)S(=O)(=O)c1ccc(Cl)c([N+](=O)[O-])c1. The number of carbonyl (C=O) groups is 1. The summed E-state index contributed by atoms with van der Waals surface area (Å²) >= 11 is 5.84. The molecule has 35 heavy (non-hydrogen) atoms. The van der Waals surface area contributed by atoms with Gasteiger partial charge in [-0.2, -0.15) is 4.31 Å². The minimum absolute atomic E-state index is 0.159. The van der Waals surface area contributed by atoms with Gasteiger partial charge in [-0.1, -0.05) is 48.0 Å². The summed E-state index contributed by atoms with van der Waals surface area (Å²) < 4.78 is 29.5. The molecular formula is C24H25ClN4O5S. The van der Waals surface area contributed by atoms with Gasteiger partial charge in [0.2, 0.25) is 15.9 Å². The van der Waals surface area contributed by atoms with Crippen molar-refractivity contribution in [2.75, 3.05) is 13.1 Å². The molecule has 0 saturated heterocycles. The van der Waals surface area contributed by atoms with Gasteiger partial charge in [0.1, 0.15) is 5.02 Å². The maximum absolute atomic E-state index is 13.4. The number of aryl methyl sites for hydroxylation is 1. The molecule has 0 fully saturated rings. The number of carbonyl (C=O) groups excluding carboxylic acids is 1. The van der Waals surface area contributed by atoms with Crippen LogP contribution < -0.4 is 0 Å². The van der Waals surface area contributed by atoms with Gasteiger partial charge in [-0.3, -0.25) is 14.9 Å². The fourth-order valence-electron chi connectivity index (χ4n) is 3.48. The second-order valence-electron chi connectivity index (χ2n) is 7.80. The van der Waals surface area contributed by atoms with Crippen LogP contribution in [0.1, 0.15) is 11.3 Å². The predicted octanol–water partition coefficient (Wildman–Crippen LogP) is 3.99. The zero-order chi connectivity index (χ0) is 25.6. The lowest BCUT2D eigenvalue weighted by Gasteiger charge is -2.27. The summed E-state index contributed by atoms with van der Waals surface area (Å²) in [7, 11) is -2.40. The van der Waals surface area contributed by atoms with Crippen molar-refractivity contribution in [3.63, 3.8) is 0 Å². The second-order valence-corrected chi connectivity index (χ2v) is 10.1. The standard InChI is InChI=1S/C24H25ClN4O5S/c1-3-13-28(35(33,34)21-11-12-22(25)23(15-21)29(31)32)18-24(30)27(16-19-8-5-4-6-9-19)17-20-10-7-14-26(20)2/h3-12,14-15H,1,13,16-18H2,2H3. The molecule has 0 atom stereocenters. The van der Waals surface area contributed by atoms with Gasteiger partial charge in [0.15, 0.2) is 0 Å². The van der Waals surface area contributed by atoms with Gasteiger partial charge in [0.05, 0.1) is 22.9 Å². The quantitative estimate of drug-likeness (QED) is 0.217. The molecule has 1 heterocycles. The zero-order valence-electron chi connectivity index (χ0n) is 19.1. The van der Waals surface area contributed by atoms with Gasteiger partial charge < -0.3 is 9.47 Å². The summed E-state index contributed by atoms with van der Waals surface area (Å²) in [5, 5.41) is 11.1. The first-order valence-electron chi connectivity index (χ1n) is 10.6. The van der Waals surface area contributed by atoms with Crippen LogP contribution in [0.4, 0.5) is 5.69 Å². The first kappa shape index (κ1) is 26.1. The molecule has 184 valence electrons. The summed E-state index contributed by atoms with van der Waals surface area (Å²) in [4.78, 5) is 25.2. The zero-order valence-corrected chi connectivity index (χ0v) is 20.7. The third kappa shape index (κ3) is 6.36. The number of nitrogens with zero attached hydrogens (tertiary/aromatic N) is 4. The summed E-state index contributed by atoms with van der Waals surface area (Å²) in [6.07, 6.45) is 3.22. The monoisotopic (exact) mass is 516 g/mol. The Kier molecular flexibility index (Phi) is 8.44. The van der Waals surface area contributed by atoms with Crippen LogP contribution in [0.15, 0.2) is 84.4 Å². The van der Waals surface area contributed by atoms with Gasteiger partial charge in [0.25, 0.3) is 5.69 Å². The summed E-state index contributed by atoms with van der Waals surface area (Å²) in [5.41, 5.74) is 1.23. The number of benzene rings is 2. The normalized spacial score (nSPS) is 11.4. The Balaban J connectivity index is 1.91. The number of nitro benzene ring substituents is 1. The first-order chi connectivity index (χ1) is 16.6. The van der Waals surface area contributed by atoms with Crippen molar-refractivity contribution in [1.82, 2.24) is 13.8 Å². The number of nitro groups is 1. The number of amides is 1. The highest BCUT2D eigenvalue weighted by atomic mass is 35.5. The smallest absolute Gasteiger partial charge is 0.289 e. The third-order valence-corrected chi connectivity index (χ3v) is 7.50. The molecule has 0 radical (unpaired) electrons. The van der Waals surface area contributed by atoms with Crippen LogP contribution in [0, 0.1) is 10.1 Å². The molecule has 0 spiro atoms. The lowest BCUT2D eigenvalue weighted by molar-refractivity contribution is -0.384. The Bertz CT molecular complexity index is 1320. The predicted molar refractivity (Wildman–Crippen MR) is 133 cm³/mol. The van der Waals surface area contributed by atoms with Crippen molar-refractivity contribution >= 4 is 33.2 Å². The van der Waals surface area contributed by atoms with Crippen molar-refractivity contribution in [2.45, 2.75) is 18.0 Å². The topological polar surface area (TPSA) is 106 Å². The van der Waals surface area contributed by atoms with Crippen LogP contribution in [-0.2, 0) is 35.0 Å². The van der Waals surface area contributed by atoms with Crippen LogP contribution >= 0.6 is 11.6 Å². The van der Waals surface area contributed by atoms with Gasteiger partial charge in [-0.15, -0.1) is 6.58 Å². The number of aromatic nitrogens is 1. The molecule has 0 unspecified atom stereocenters. The molecule has 9 nitrogen and oxygen atoms in total. The van der Waals surface area contributed by atoms with Crippen molar-refractivity contribution in [3.8, 4) is 0 Å². The van der Waals surface area contributed by atoms with Crippen LogP contribution in [0.2, 0.25) is 5.02 Å². The van der Waals surface area contributed by atoms with Gasteiger partial charge in [0, 0.05) is 38.1 Å². The second kappa shape index (κ2) is 11.3. The van der Waals surface area contributed by atoms with Crippen LogP contribution in [0.3, 0.4) is 0 Å². The average molecular weight is 517 g/mol. The molecule has 0 bridgehead atoms.